The van der Waals surface area contributed by atoms with Gasteiger partial charge in [0.25, 0.3) is 5.69 Å². The van der Waals surface area contributed by atoms with E-state index < -0.39 is 4.92 Å². The molecule has 0 radical (unpaired) electrons. The minimum atomic E-state index is -0.533. The second kappa shape index (κ2) is 5.88. The van der Waals surface area contributed by atoms with E-state index in [0.717, 1.165) is 12.8 Å². The highest BCUT2D eigenvalue weighted by Gasteiger charge is 2.25. The standard InChI is InChI=1S/C14H18N4O2/c1-10-4-3-5-11(2)17(10)16-13-6-7-14(18(19)20)12(8-13)9-15/h6-8,10-11,16H,3-5H2,1-2H3. The Bertz CT molecular complexity index is 543. The van der Waals surface area contributed by atoms with E-state index in [1.807, 2.05) is 6.07 Å². The molecule has 0 aliphatic carbocycles. The fourth-order valence-electron chi connectivity index (χ4n) is 2.65. The molecule has 0 saturated carbocycles. The summed E-state index contributed by atoms with van der Waals surface area (Å²) in [4.78, 5) is 10.3. The number of rotatable bonds is 3. The molecule has 0 aromatic heterocycles. The maximum atomic E-state index is 10.8. The number of hydrogen-bond donors (Lipinski definition) is 1. The van der Waals surface area contributed by atoms with E-state index in [9.17, 15) is 10.1 Å². The van der Waals surface area contributed by atoms with Gasteiger partial charge in [0, 0.05) is 18.2 Å². The Kier molecular flexibility index (Phi) is 4.20. The van der Waals surface area contributed by atoms with Gasteiger partial charge in [-0.2, -0.15) is 5.26 Å². The zero-order chi connectivity index (χ0) is 14.7. The average molecular weight is 274 g/mol. The van der Waals surface area contributed by atoms with Crippen molar-refractivity contribution in [1.29, 1.82) is 5.26 Å². The van der Waals surface area contributed by atoms with Crippen LogP contribution in [0.5, 0.6) is 0 Å². The number of anilines is 1. The third-order valence-electron chi connectivity index (χ3n) is 3.77. The summed E-state index contributed by atoms with van der Waals surface area (Å²) in [6.45, 7) is 4.30. The van der Waals surface area contributed by atoms with Crippen molar-refractivity contribution in [2.45, 2.75) is 45.2 Å². The van der Waals surface area contributed by atoms with Gasteiger partial charge in [0.15, 0.2) is 0 Å². The zero-order valence-electron chi connectivity index (χ0n) is 11.7. The van der Waals surface area contributed by atoms with Crippen molar-refractivity contribution in [2.24, 2.45) is 0 Å². The molecule has 6 nitrogen and oxygen atoms in total. The molecule has 1 aromatic carbocycles. The van der Waals surface area contributed by atoms with Crippen LogP contribution in [0.3, 0.4) is 0 Å². The van der Waals surface area contributed by atoms with Crippen LogP contribution in [0.15, 0.2) is 18.2 Å². The summed E-state index contributed by atoms with van der Waals surface area (Å²) in [5.41, 5.74) is 3.92. The fraction of sp³-hybridized carbons (Fsp3) is 0.500. The predicted molar refractivity (Wildman–Crippen MR) is 76.0 cm³/mol. The molecular weight excluding hydrogens is 256 g/mol. The summed E-state index contributed by atoms with van der Waals surface area (Å²) in [5.74, 6) is 0. The van der Waals surface area contributed by atoms with Gasteiger partial charge in [0.1, 0.15) is 11.6 Å². The lowest BCUT2D eigenvalue weighted by molar-refractivity contribution is -0.385. The molecule has 1 aromatic rings. The first-order valence-corrected chi connectivity index (χ1v) is 6.76. The number of nitrogens with one attached hydrogen (secondary N) is 1. The minimum absolute atomic E-state index is 0.0808. The highest BCUT2D eigenvalue weighted by molar-refractivity contribution is 5.58. The lowest BCUT2D eigenvalue weighted by Crippen LogP contribution is -2.47. The van der Waals surface area contributed by atoms with Gasteiger partial charge in [0.2, 0.25) is 0 Å². The topological polar surface area (TPSA) is 82.2 Å². The predicted octanol–water partition coefficient (Wildman–Crippen LogP) is 3.06. The van der Waals surface area contributed by atoms with Crippen LogP contribution in [0.2, 0.25) is 0 Å². The van der Waals surface area contributed by atoms with Gasteiger partial charge in [-0.3, -0.25) is 10.1 Å². The summed E-state index contributed by atoms with van der Waals surface area (Å²) in [7, 11) is 0. The third-order valence-corrected chi connectivity index (χ3v) is 3.77. The van der Waals surface area contributed by atoms with Crippen molar-refractivity contribution in [1.82, 2.24) is 5.01 Å². The lowest BCUT2D eigenvalue weighted by Gasteiger charge is -2.39. The molecule has 0 bridgehead atoms. The Morgan fingerprint density at radius 1 is 1.40 bits per heavy atom. The molecule has 2 atom stereocenters. The summed E-state index contributed by atoms with van der Waals surface area (Å²) < 4.78 is 0. The molecule has 2 unspecified atom stereocenters. The van der Waals surface area contributed by atoms with Gasteiger partial charge < -0.3 is 5.43 Å². The monoisotopic (exact) mass is 274 g/mol. The Hall–Kier alpha value is -2.13. The van der Waals surface area contributed by atoms with Crippen LogP contribution in [0.4, 0.5) is 11.4 Å². The van der Waals surface area contributed by atoms with Gasteiger partial charge >= 0.3 is 0 Å². The highest BCUT2D eigenvalue weighted by atomic mass is 16.6. The van der Waals surface area contributed by atoms with Crippen LogP contribution in [0.25, 0.3) is 0 Å². The first-order valence-electron chi connectivity index (χ1n) is 6.76. The number of nitro groups is 1. The van der Waals surface area contributed by atoms with Crippen LogP contribution in [-0.4, -0.2) is 22.0 Å². The SMILES string of the molecule is CC1CCCC(C)N1Nc1ccc([N+](=O)[O-])c(C#N)c1. The Morgan fingerprint density at radius 2 is 2.05 bits per heavy atom. The Morgan fingerprint density at radius 3 is 2.60 bits per heavy atom. The molecule has 1 aliphatic rings. The van der Waals surface area contributed by atoms with Crippen molar-refractivity contribution in [3.05, 3.63) is 33.9 Å². The van der Waals surface area contributed by atoms with E-state index in [4.69, 9.17) is 5.26 Å². The fourth-order valence-corrected chi connectivity index (χ4v) is 2.65. The van der Waals surface area contributed by atoms with E-state index >= 15 is 0 Å². The van der Waals surface area contributed by atoms with Gasteiger partial charge in [-0.15, -0.1) is 0 Å². The summed E-state index contributed by atoms with van der Waals surface area (Å²) in [6, 6.07) is 7.24. The van der Waals surface area contributed by atoms with Crippen LogP contribution in [0, 0.1) is 21.4 Å². The quantitative estimate of drug-likeness (QED) is 0.676. The smallest absolute Gasteiger partial charge is 0.287 e. The van der Waals surface area contributed by atoms with Crippen LogP contribution < -0.4 is 5.43 Å². The molecule has 20 heavy (non-hydrogen) atoms. The van der Waals surface area contributed by atoms with Gasteiger partial charge in [0.05, 0.1) is 10.6 Å². The van der Waals surface area contributed by atoms with Crippen molar-refractivity contribution >= 4 is 11.4 Å². The first kappa shape index (κ1) is 14.3. The molecule has 2 rings (SSSR count). The van der Waals surface area contributed by atoms with Crippen LogP contribution in [-0.2, 0) is 0 Å². The van der Waals surface area contributed by atoms with E-state index in [1.165, 1.54) is 18.6 Å². The molecular formula is C14H18N4O2. The van der Waals surface area contributed by atoms with Crippen molar-refractivity contribution in [3.63, 3.8) is 0 Å². The van der Waals surface area contributed by atoms with Gasteiger partial charge in [-0.1, -0.05) is 6.42 Å². The Balaban J connectivity index is 2.21. The molecule has 1 saturated heterocycles. The average Bonchev–Trinajstić information content (AvgIpc) is 2.42. The zero-order valence-corrected chi connectivity index (χ0v) is 11.7. The van der Waals surface area contributed by atoms with Crippen molar-refractivity contribution in [2.75, 3.05) is 5.43 Å². The minimum Gasteiger partial charge on any atom is -0.318 e. The molecule has 1 N–H and O–H groups in total. The lowest BCUT2D eigenvalue weighted by atomic mass is 10.00. The largest absolute Gasteiger partial charge is 0.318 e. The van der Waals surface area contributed by atoms with E-state index in [0.29, 0.717) is 17.8 Å². The van der Waals surface area contributed by atoms with E-state index in [2.05, 4.69) is 24.3 Å². The second-order valence-electron chi connectivity index (χ2n) is 5.25. The molecule has 1 aliphatic heterocycles. The maximum Gasteiger partial charge on any atom is 0.287 e. The number of hydrazine groups is 1. The normalized spacial score (nSPS) is 23.1. The highest BCUT2D eigenvalue weighted by Crippen LogP contribution is 2.26. The number of nitro benzene ring substituents is 1. The van der Waals surface area contributed by atoms with Crippen molar-refractivity contribution < 1.29 is 4.92 Å². The Labute approximate surface area is 118 Å². The van der Waals surface area contributed by atoms with Gasteiger partial charge in [-0.05, 0) is 38.8 Å². The molecule has 1 fully saturated rings. The molecule has 6 heteroatoms. The second-order valence-corrected chi connectivity index (χ2v) is 5.25. The maximum absolute atomic E-state index is 10.8. The third kappa shape index (κ3) is 2.89. The molecule has 1 heterocycles. The van der Waals surface area contributed by atoms with Crippen LogP contribution in [0.1, 0.15) is 38.7 Å². The summed E-state index contributed by atoms with van der Waals surface area (Å²) in [5, 5.41) is 22.0. The first-order chi connectivity index (χ1) is 9.52. The number of piperidine rings is 1. The molecule has 0 spiro atoms. The summed E-state index contributed by atoms with van der Waals surface area (Å²) in [6.07, 6.45) is 3.45. The van der Waals surface area contributed by atoms with Crippen molar-refractivity contribution in [3.8, 4) is 6.07 Å². The number of nitrogens with zero attached hydrogens (tertiary/aromatic N) is 3. The van der Waals surface area contributed by atoms with E-state index in [-0.39, 0.29) is 11.3 Å². The van der Waals surface area contributed by atoms with E-state index in [1.54, 1.807) is 6.07 Å². The van der Waals surface area contributed by atoms with Gasteiger partial charge in [-0.25, -0.2) is 5.01 Å². The molecule has 0 amide bonds. The van der Waals surface area contributed by atoms with Crippen LogP contribution >= 0.6 is 0 Å². The number of nitriles is 1. The number of hydrogen-bond acceptors (Lipinski definition) is 5. The summed E-state index contributed by atoms with van der Waals surface area (Å²) >= 11 is 0. The number of benzene rings is 1. The molecule has 106 valence electrons.